The highest BCUT2D eigenvalue weighted by Gasteiger charge is 2.34. The molecule has 8 heteroatoms. The molecule has 1 aliphatic heterocycles. The highest BCUT2D eigenvalue weighted by molar-refractivity contribution is 6.05. The van der Waals surface area contributed by atoms with E-state index in [-0.39, 0.29) is 5.91 Å². The summed E-state index contributed by atoms with van der Waals surface area (Å²) in [4.78, 5) is 26.1. The van der Waals surface area contributed by atoms with E-state index in [9.17, 15) is 4.79 Å². The Morgan fingerprint density at radius 3 is 2.55 bits per heavy atom. The smallest absolute Gasteiger partial charge is 0.255 e. The normalized spacial score (nSPS) is 15.2. The minimum atomic E-state index is -0.433. The summed E-state index contributed by atoms with van der Waals surface area (Å²) in [5, 5.41) is 10.9. The molecule has 0 fully saturated rings. The van der Waals surface area contributed by atoms with E-state index < -0.39 is 6.04 Å². The molecule has 0 radical (unpaired) electrons. The zero-order chi connectivity index (χ0) is 21.2. The zero-order valence-electron chi connectivity index (χ0n) is 16.7. The first-order chi connectivity index (χ1) is 15.2. The lowest BCUT2D eigenvalue weighted by molar-refractivity contribution is -0.113. The van der Waals surface area contributed by atoms with Crippen molar-refractivity contribution in [3.05, 3.63) is 96.2 Å². The topological polar surface area (TPSA) is 97.6 Å². The van der Waals surface area contributed by atoms with Crippen LogP contribution >= 0.6 is 0 Å². The van der Waals surface area contributed by atoms with Gasteiger partial charge in [0.05, 0.1) is 17.5 Å². The number of carbonyl (C=O) groups is 1. The molecule has 3 aromatic heterocycles. The molecule has 1 amide bonds. The van der Waals surface area contributed by atoms with Gasteiger partial charge in [-0.1, -0.05) is 30.3 Å². The van der Waals surface area contributed by atoms with Gasteiger partial charge in [0.1, 0.15) is 6.04 Å². The lowest BCUT2D eigenvalue weighted by atomic mass is 9.95. The van der Waals surface area contributed by atoms with Gasteiger partial charge in [-0.2, -0.15) is 4.98 Å². The Morgan fingerprint density at radius 1 is 1.00 bits per heavy atom. The van der Waals surface area contributed by atoms with Crippen LogP contribution in [0.5, 0.6) is 0 Å². The highest BCUT2D eigenvalue weighted by Crippen LogP contribution is 2.36. The maximum absolute atomic E-state index is 13.3. The number of benzene rings is 1. The number of nitrogens with one attached hydrogen (secondary N) is 2. The molecule has 2 N–H and O–H groups in total. The summed E-state index contributed by atoms with van der Waals surface area (Å²) in [7, 11) is 0. The van der Waals surface area contributed by atoms with Crippen molar-refractivity contribution < 1.29 is 4.79 Å². The molecule has 1 unspecified atom stereocenters. The van der Waals surface area contributed by atoms with Crippen LogP contribution in [0.25, 0.3) is 11.4 Å². The number of amides is 1. The second kappa shape index (κ2) is 7.83. The number of rotatable bonds is 4. The molecule has 4 aromatic rings. The molecule has 152 valence electrons. The third-order valence-corrected chi connectivity index (χ3v) is 5.07. The molecule has 1 aliphatic rings. The first-order valence-corrected chi connectivity index (χ1v) is 9.82. The average Bonchev–Trinajstić information content (AvgIpc) is 3.23. The summed E-state index contributed by atoms with van der Waals surface area (Å²) in [5.41, 5.74) is 3.70. The van der Waals surface area contributed by atoms with E-state index in [1.165, 1.54) is 0 Å². The number of fused-ring (bicyclic) bond motifs is 1. The summed E-state index contributed by atoms with van der Waals surface area (Å²) >= 11 is 0. The third-order valence-electron chi connectivity index (χ3n) is 5.07. The summed E-state index contributed by atoms with van der Waals surface area (Å²) in [5.74, 6) is 0.919. The predicted molar refractivity (Wildman–Crippen MR) is 117 cm³/mol. The number of carbonyl (C=O) groups excluding carboxylic acids is 1. The van der Waals surface area contributed by atoms with Crippen molar-refractivity contribution in [2.45, 2.75) is 13.0 Å². The van der Waals surface area contributed by atoms with E-state index in [2.05, 4.69) is 25.6 Å². The van der Waals surface area contributed by atoms with Crippen molar-refractivity contribution in [2.75, 3.05) is 10.6 Å². The van der Waals surface area contributed by atoms with Crippen LogP contribution in [0, 0.1) is 0 Å². The number of allylic oxidation sites excluding steroid dienone is 1. The van der Waals surface area contributed by atoms with Gasteiger partial charge in [0.15, 0.2) is 5.82 Å². The van der Waals surface area contributed by atoms with E-state index in [4.69, 9.17) is 5.10 Å². The Hall–Kier alpha value is -4.33. The van der Waals surface area contributed by atoms with E-state index in [0.29, 0.717) is 23.0 Å². The van der Waals surface area contributed by atoms with Crippen LogP contribution in [-0.4, -0.2) is 30.6 Å². The molecule has 8 nitrogen and oxygen atoms in total. The van der Waals surface area contributed by atoms with Crippen LogP contribution in [-0.2, 0) is 4.79 Å². The molecule has 0 saturated carbocycles. The third kappa shape index (κ3) is 3.55. The Balaban J connectivity index is 1.60. The first-order valence-electron chi connectivity index (χ1n) is 9.82. The molecule has 31 heavy (non-hydrogen) atoms. The van der Waals surface area contributed by atoms with Crippen molar-refractivity contribution >= 4 is 17.5 Å². The maximum atomic E-state index is 13.3. The van der Waals surface area contributed by atoms with Crippen LogP contribution in [0.2, 0.25) is 0 Å². The van der Waals surface area contributed by atoms with Gasteiger partial charge in [0.2, 0.25) is 5.95 Å². The first kappa shape index (κ1) is 18.7. The van der Waals surface area contributed by atoms with Crippen LogP contribution in [0.15, 0.2) is 90.7 Å². The Bertz CT molecular complexity index is 1250. The van der Waals surface area contributed by atoms with Crippen molar-refractivity contribution in [1.29, 1.82) is 0 Å². The fourth-order valence-electron chi connectivity index (χ4n) is 3.65. The minimum Gasteiger partial charge on any atom is -0.328 e. The van der Waals surface area contributed by atoms with Gasteiger partial charge in [-0.15, -0.1) is 5.10 Å². The molecular formula is C23H19N7O. The summed E-state index contributed by atoms with van der Waals surface area (Å²) in [6, 6.07) is 16.7. The van der Waals surface area contributed by atoms with Gasteiger partial charge in [-0.3, -0.25) is 14.8 Å². The number of anilines is 2. The summed E-state index contributed by atoms with van der Waals surface area (Å²) in [6.07, 6.45) is 6.68. The molecule has 0 bridgehead atoms. The van der Waals surface area contributed by atoms with Gasteiger partial charge in [-0.05, 0) is 36.8 Å². The molecular weight excluding hydrogens is 390 g/mol. The lowest BCUT2D eigenvalue weighted by Gasteiger charge is -2.28. The van der Waals surface area contributed by atoms with Crippen LogP contribution in [0.1, 0.15) is 18.5 Å². The van der Waals surface area contributed by atoms with E-state index in [1.807, 2.05) is 49.4 Å². The SMILES string of the molecule is CC1=C(C(=O)Nc2cccnc2)C(c2ccccc2)n2nc(-c3ccncc3)nc2N1. The molecule has 4 heterocycles. The van der Waals surface area contributed by atoms with Gasteiger partial charge < -0.3 is 10.6 Å². The van der Waals surface area contributed by atoms with E-state index in [0.717, 1.165) is 16.8 Å². The summed E-state index contributed by atoms with van der Waals surface area (Å²) < 4.78 is 1.76. The van der Waals surface area contributed by atoms with Crippen LogP contribution < -0.4 is 10.6 Å². The van der Waals surface area contributed by atoms with Gasteiger partial charge in [0, 0.05) is 29.9 Å². The average molecular weight is 409 g/mol. The number of hydrogen-bond donors (Lipinski definition) is 2. The van der Waals surface area contributed by atoms with Gasteiger partial charge in [-0.25, -0.2) is 4.68 Å². The monoisotopic (exact) mass is 409 g/mol. The van der Waals surface area contributed by atoms with Crippen molar-refractivity contribution in [1.82, 2.24) is 24.7 Å². The Morgan fingerprint density at radius 2 is 1.81 bits per heavy atom. The molecule has 0 saturated heterocycles. The Kier molecular flexibility index (Phi) is 4.72. The second-order valence-electron chi connectivity index (χ2n) is 7.11. The predicted octanol–water partition coefficient (Wildman–Crippen LogP) is 3.66. The standard InChI is InChI=1S/C23H19N7O/c1-15-19(22(31)27-18-8-5-11-25-14-18)20(16-6-3-2-4-7-16)30-23(26-15)28-21(29-30)17-9-12-24-13-10-17/h2-14,20H,1H3,(H,27,31)(H,26,28,29). The fourth-order valence-corrected chi connectivity index (χ4v) is 3.65. The maximum Gasteiger partial charge on any atom is 0.255 e. The van der Waals surface area contributed by atoms with Gasteiger partial charge >= 0.3 is 0 Å². The van der Waals surface area contributed by atoms with Crippen molar-refractivity contribution in [2.24, 2.45) is 0 Å². The number of pyridine rings is 2. The summed E-state index contributed by atoms with van der Waals surface area (Å²) in [6.45, 7) is 1.87. The second-order valence-corrected chi connectivity index (χ2v) is 7.11. The quantitative estimate of drug-likeness (QED) is 0.534. The molecule has 0 aliphatic carbocycles. The molecule has 1 atom stereocenters. The zero-order valence-corrected chi connectivity index (χ0v) is 16.7. The largest absolute Gasteiger partial charge is 0.328 e. The Labute approximate surface area is 178 Å². The molecule has 0 spiro atoms. The highest BCUT2D eigenvalue weighted by atomic mass is 16.1. The number of nitrogens with zero attached hydrogens (tertiary/aromatic N) is 5. The lowest BCUT2D eigenvalue weighted by Crippen LogP contribution is -2.31. The fraction of sp³-hybridized carbons (Fsp3) is 0.0870. The van der Waals surface area contributed by atoms with E-state index in [1.54, 1.807) is 41.6 Å². The molecule has 5 rings (SSSR count). The van der Waals surface area contributed by atoms with Gasteiger partial charge in [0.25, 0.3) is 5.91 Å². The number of hydrogen-bond acceptors (Lipinski definition) is 6. The van der Waals surface area contributed by atoms with Crippen LogP contribution in [0.4, 0.5) is 11.6 Å². The van der Waals surface area contributed by atoms with Crippen molar-refractivity contribution in [3.63, 3.8) is 0 Å². The van der Waals surface area contributed by atoms with E-state index >= 15 is 0 Å². The van der Waals surface area contributed by atoms with Crippen molar-refractivity contribution in [3.8, 4) is 11.4 Å². The van der Waals surface area contributed by atoms with Crippen LogP contribution in [0.3, 0.4) is 0 Å². The minimum absolute atomic E-state index is 0.224. The number of aromatic nitrogens is 5. The molecule has 1 aromatic carbocycles.